The predicted molar refractivity (Wildman–Crippen MR) is 103 cm³/mol. The smallest absolute Gasteiger partial charge is 0.252 e. The van der Waals surface area contributed by atoms with E-state index >= 15 is 0 Å². The van der Waals surface area contributed by atoms with E-state index in [0.29, 0.717) is 15.6 Å². The fourth-order valence-electron chi connectivity index (χ4n) is 2.39. The van der Waals surface area contributed by atoms with Gasteiger partial charge in [0.2, 0.25) is 10.0 Å². The maximum absolute atomic E-state index is 12.3. The van der Waals surface area contributed by atoms with Crippen molar-refractivity contribution < 1.29 is 13.2 Å². The van der Waals surface area contributed by atoms with Gasteiger partial charge in [-0.25, -0.2) is 13.1 Å². The van der Waals surface area contributed by atoms with E-state index in [9.17, 15) is 13.2 Å². The Kier molecular flexibility index (Phi) is 6.75. The minimum Gasteiger partial charge on any atom is -0.348 e. The van der Waals surface area contributed by atoms with Crippen LogP contribution in [0, 0.1) is 0 Å². The summed E-state index contributed by atoms with van der Waals surface area (Å²) in [6.45, 7) is 3.82. The van der Waals surface area contributed by atoms with E-state index in [4.69, 9.17) is 0 Å². The molecule has 5 nitrogen and oxygen atoms in total. The van der Waals surface area contributed by atoms with E-state index in [2.05, 4.69) is 26.0 Å². The number of hydrogen-bond acceptors (Lipinski definition) is 3. The third-order valence-electron chi connectivity index (χ3n) is 3.44. The number of rotatable bonds is 7. The molecule has 0 bridgehead atoms. The van der Waals surface area contributed by atoms with Crippen molar-refractivity contribution in [3.05, 3.63) is 69.7 Å². The van der Waals surface area contributed by atoms with Crippen LogP contribution in [-0.2, 0) is 22.3 Å². The summed E-state index contributed by atoms with van der Waals surface area (Å²) in [6.07, 6.45) is 0. The van der Waals surface area contributed by atoms with Crippen molar-refractivity contribution in [3.8, 4) is 0 Å². The van der Waals surface area contributed by atoms with Crippen LogP contribution >= 0.6 is 15.9 Å². The number of benzene rings is 2. The summed E-state index contributed by atoms with van der Waals surface area (Å²) in [7, 11) is -3.42. The SMILES string of the molecule is CC(C)NS(=O)(=O)Cc1ccccc1CNC(=O)c1ccccc1Br. The van der Waals surface area contributed by atoms with Gasteiger partial charge in [0.25, 0.3) is 5.91 Å². The summed E-state index contributed by atoms with van der Waals surface area (Å²) in [5, 5.41) is 2.84. The lowest BCUT2D eigenvalue weighted by Crippen LogP contribution is -2.32. The van der Waals surface area contributed by atoms with Crippen LogP contribution in [0.15, 0.2) is 53.0 Å². The number of halogens is 1. The monoisotopic (exact) mass is 424 g/mol. The zero-order chi connectivity index (χ0) is 18.4. The minimum absolute atomic E-state index is 0.119. The van der Waals surface area contributed by atoms with Gasteiger partial charge in [0.15, 0.2) is 0 Å². The summed E-state index contributed by atoms with van der Waals surface area (Å²) in [5.41, 5.74) is 1.98. The van der Waals surface area contributed by atoms with Crippen LogP contribution in [0.25, 0.3) is 0 Å². The van der Waals surface area contributed by atoms with Crippen molar-refractivity contribution >= 4 is 31.9 Å². The molecule has 0 fully saturated rings. The molecule has 0 atom stereocenters. The van der Waals surface area contributed by atoms with E-state index in [0.717, 1.165) is 5.56 Å². The molecule has 0 saturated heterocycles. The first kappa shape index (κ1) is 19.6. The second-order valence-electron chi connectivity index (χ2n) is 5.96. The lowest BCUT2D eigenvalue weighted by atomic mass is 10.1. The first-order valence-electron chi connectivity index (χ1n) is 7.88. The molecule has 0 aliphatic rings. The molecule has 7 heteroatoms. The van der Waals surface area contributed by atoms with Crippen LogP contribution in [0.3, 0.4) is 0 Å². The molecular weight excluding hydrogens is 404 g/mol. The molecule has 2 N–H and O–H groups in total. The molecule has 0 aliphatic carbocycles. The summed E-state index contributed by atoms with van der Waals surface area (Å²) >= 11 is 3.35. The fourth-order valence-corrected chi connectivity index (χ4v) is 4.35. The van der Waals surface area contributed by atoms with Crippen molar-refractivity contribution in [1.82, 2.24) is 10.0 Å². The van der Waals surface area contributed by atoms with Crippen molar-refractivity contribution in [1.29, 1.82) is 0 Å². The van der Waals surface area contributed by atoms with Gasteiger partial charge in [-0.1, -0.05) is 36.4 Å². The standard InChI is InChI=1S/C18H21BrN2O3S/c1-13(2)21-25(23,24)12-15-8-4-3-7-14(15)11-20-18(22)16-9-5-6-10-17(16)19/h3-10,13,21H,11-12H2,1-2H3,(H,20,22). The molecule has 0 radical (unpaired) electrons. The molecular formula is C18H21BrN2O3S. The van der Waals surface area contributed by atoms with Gasteiger partial charge in [-0.2, -0.15) is 0 Å². The Labute approximate surface area is 157 Å². The highest BCUT2D eigenvalue weighted by Gasteiger charge is 2.16. The molecule has 0 unspecified atom stereocenters. The Morgan fingerprint density at radius 2 is 1.64 bits per heavy atom. The Morgan fingerprint density at radius 1 is 1.04 bits per heavy atom. The maximum Gasteiger partial charge on any atom is 0.252 e. The van der Waals surface area contributed by atoms with Gasteiger partial charge in [-0.05, 0) is 53.0 Å². The van der Waals surface area contributed by atoms with Gasteiger partial charge in [-0.3, -0.25) is 4.79 Å². The largest absolute Gasteiger partial charge is 0.348 e. The number of sulfonamides is 1. The first-order chi connectivity index (χ1) is 11.8. The normalized spacial score (nSPS) is 11.5. The van der Waals surface area contributed by atoms with Crippen molar-refractivity contribution in [2.45, 2.75) is 32.2 Å². The second-order valence-corrected chi connectivity index (χ2v) is 8.57. The number of nitrogens with one attached hydrogen (secondary N) is 2. The van der Waals surface area contributed by atoms with Crippen LogP contribution in [0.1, 0.15) is 35.3 Å². The van der Waals surface area contributed by atoms with Gasteiger partial charge in [-0.15, -0.1) is 0 Å². The second kappa shape index (κ2) is 8.60. The van der Waals surface area contributed by atoms with Gasteiger partial charge in [0.1, 0.15) is 0 Å². The fraction of sp³-hybridized carbons (Fsp3) is 0.278. The number of carbonyl (C=O) groups is 1. The van der Waals surface area contributed by atoms with Crippen molar-refractivity contribution in [2.24, 2.45) is 0 Å². The molecule has 0 heterocycles. The summed E-state index contributed by atoms with van der Waals surface area (Å²) < 4.78 is 27.6. The van der Waals surface area contributed by atoms with Gasteiger partial charge in [0.05, 0.1) is 11.3 Å². The summed E-state index contributed by atoms with van der Waals surface area (Å²) in [4.78, 5) is 12.3. The minimum atomic E-state index is -3.42. The lowest BCUT2D eigenvalue weighted by Gasteiger charge is -2.13. The van der Waals surface area contributed by atoms with E-state index in [1.165, 1.54) is 0 Å². The van der Waals surface area contributed by atoms with E-state index in [-0.39, 0.29) is 24.2 Å². The molecule has 134 valence electrons. The Hall–Kier alpha value is -1.70. The highest BCUT2D eigenvalue weighted by molar-refractivity contribution is 9.10. The summed E-state index contributed by atoms with van der Waals surface area (Å²) in [5.74, 6) is -0.336. The van der Waals surface area contributed by atoms with Crippen LogP contribution < -0.4 is 10.0 Å². The molecule has 2 rings (SSSR count). The zero-order valence-electron chi connectivity index (χ0n) is 14.1. The van der Waals surface area contributed by atoms with E-state index in [1.807, 2.05) is 18.2 Å². The average molecular weight is 425 g/mol. The van der Waals surface area contributed by atoms with Gasteiger partial charge >= 0.3 is 0 Å². The molecule has 0 saturated carbocycles. The van der Waals surface area contributed by atoms with E-state index in [1.54, 1.807) is 44.2 Å². The molecule has 0 aromatic heterocycles. The van der Waals surface area contributed by atoms with Crippen molar-refractivity contribution in [3.63, 3.8) is 0 Å². The number of hydrogen-bond donors (Lipinski definition) is 2. The molecule has 1 amide bonds. The first-order valence-corrected chi connectivity index (χ1v) is 10.3. The molecule has 0 aliphatic heterocycles. The van der Waals surface area contributed by atoms with Gasteiger partial charge < -0.3 is 5.32 Å². The van der Waals surface area contributed by atoms with Gasteiger partial charge in [0, 0.05) is 17.1 Å². The number of amides is 1. The molecule has 2 aromatic carbocycles. The zero-order valence-corrected chi connectivity index (χ0v) is 16.5. The highest BCUT2D eigenvalue weighted by atomic mass is 79.9. The van der Waals surface area contributed by atoms with Crippen LogP contribution in [0.4, 0.5) is 0 Å². The Balaban J connectivity index is 2.11. The predicted octanol–water partition coefficient (Wildman–Crippen LogP) is 3.21. The lowest BCUT2D eigenvalue weighted by molar-refractivity contribution is 0.0950. The Morgan fingerprint density at radius 3 is 2.28 bits per heavy atom. The average Bonchev–Trinajstić information content (AvgIpc) is 2.52. The topological polar surface area (TPSA) is 75.3 Å². The Bertz CT molecular complexity index is 851. The van der Waals surface area contributed by atoms with Crippen LogP contribution in [-0.4, -0.2) is 20.4 Å². The quantitative estimate of drug-likeness (QED) is 0.716. The van der Waals surface area contributed by atoms with Crippen LogP contribution in [0.2, 0.25) is 0 Å². The maximum atomic E-state index is 12.3. The highest BCUT2D eigenvalue weighted by Crippen LogP contribution is 2.17. The van der Waals surface area contributed by atoms with Crippen molar-refractivity contribution in [2.75, 3.05) is 0 Å². The summed E-state index contributed by atoms with van der Waals surface area (Å²) in [6, 6.07) is 14.2. The molecule has 0 spiro atoms. The third-order valence-corrected chi connectivity index (χ3v) is 5.65. The molecule has 25 heavy (non-hydrogen) atoms. The number of carbonyl (C=O) groups excluding carboxylic acids is 1. The van der Waals surface area contributed by atoms with Crippen LogP contribution in [0.5, 0.6) is 0 Å². The third kappa shape index (κ3) is 5.95. The van der Waals surface area contributed by atoms with E-state index < -0.39 is 10.0 Å². The molecule has 2 aromatic rings.